The highest BCUT2D eigenvalue weighted by molar-refractivity contribution is 9.10. The third-order valence-corrected chi connectivity index (χ3v) is 3.86. The van der Waals surface area contributed by atoms with Crippen LogP contribution in [0.3, 0.4) is 0 Å². The molecule has 2 rings (SSSR count). The molecule has 1 aliphatic rings. The second kappa shape index (κ2) is 6.08. The first kappa shape index (κ1) is 13.9. The van der Waals surface area contributed by atoms with Crippen LogP contribution in [0.5, 0.6) is 0 Å². The van der Waals surface area contributed by atoms with Gasteiger partial charge in [0.1, 0.15) is 11.6 Å². The summed E-state index contributed by atoms with van der Waals surface area (Å²) in [5.41, 5.74) is -0.0458. The van der Waals surface area contributed by atoms with Crippen molar-refractivity contribution < 1.29 is 18.6 Å². The summed E-state index contributed by atoms with van der Waals surface area (Å²) < 4.78 is 32.9. The Balaban J connectivity index is 1.96. The van der Waals surface area contributed by atoms with Crippen molar-refractivity contribution in [2.45, 2.75) is 44.5 Å². The fourth-order valence-corrected chi connectivity index (χ4v) is 2.49. The van der Waals surface area contributed by atoms with Crippen molar-refractivity contribution in [3.05, 3.63) is 33.8 Å². The van der Waals surface area contributed by atoms with Crippen molar-refractivity contribution in [1.82, 2.24) is 0 Å². The minimum absolute atomic E-state index is 0.0221. The summed E-state index contributed by atoms with van der Waals surface area (Å²) in [6, 6.07) is 2.56. The molecule has 0 unspecified atom stereocenters. The molecule has 1 aromatic rings. The maximum atomic E-state index is 13.7. The van der Waals surface area contributed by atoms with E-state index in [4.69, 9.17) is 4.74 Å². The maximum Gasteiger partial charge on any atom is 0.145 e. The molecule has 0 radical (unpaired) electrons. The largest absolute Gasteiger partial charge is 0.393 e. The highest BCUT2D eigenvalue weighted by Crippen LogP contribution is 2.25. The first-order valence-corrected chi connectivity index (χ1v) is 6.79. The predicted molar refractivity (Wildman–Crippen MR) is 67.1 cm³/mol. The standard InChI is InChI=1S/C13H15BrF2O2/c14-11-5-6-12(15)10(13(11)16)7-18-9-3-1-8(17)2-4-9/h5-6,8-9,17H,1-4,7H2. The monoisotopic (exact) mass is 320 g/mol. The molecular formula is C13H15BrF2O2. The van der Waals surface area contributed by atoms with Crippen molar-refractivity contribution in [2.24, 2.45) is 0 Å². The van der Waals surface area contributed by atoms with Crippen LogP contribution in [-0.4, -0.2) is 17.3 Å². The quantitative estimate of drug-likeness (QED) is 0.863. The van der Waals surface area contributed by atoms with Crippen molar-refractivity contribution in [1.29, 1.82) is 0 Å². The molecule has 0 amide bonds. The fraction of sp³-hybridized carbons (Fsp3) is 0.538. The van der Waals surface area contributed by atoms with E-state index in [9.17, 15) is 13.9 Å². The Bertz CT molecular complexity index is 418. The van der Waals surface area contributed by atoms with Crippen LogP contribution in [0.2, 0.25) is 0 Å². The van der Waals surface area contributed by atoms with E-state index in [2.05, 4.69) is 15.9 Å². The lowest BCUT2D eigenvalue weighted by atomic mass is 9.95. The van der Waals surface area contributed by atoms with E-state index in [0.717, 1.165) is 12.8 Å². The molecule has 0 saturated heterocycles. The Kier molecular flexibility index (Phi) is 4.70. The smallest absolute Gasteiger partial charge is 0.145 e. The van der Waals surface area contributed by atoms with E-state index in [1.165, 1.54) is 12.1 Å². The summed E-state index contributed by atoms with van der Waals surface area (Å²) in [4.78, 5) is 0. The number of aliphatic hydroxyl groups is 1. The second-order valence-corrected chi connectivity index (χ2v) is 5.42. The van der Waals surface area contributed by atoms with Crippen LogP contribution in [-0.2, 0) is 11.3 Å². The number of halogens is 3. The van der Waals surface area contributed by atoms with Gasteiger partial charge in [-0.25, -0.2) is 8.78 Å². The number of hydrogen-bond acceptors (Lipinski definition) is 2. The second-order valence-electron chi connectivity index (χ2n) is 4.56. The Morgan fingerprint density at radius 3 is 2.56 bits per heavy atom. The van der Waals surface area contributed by atoms with Crippen molar-refractivity contribution in [3.63, 3.8) is 0 Å². The van der Waals surface area contributed by atoms with Crippen LogP contribution in [0.15, 0.2) is 16.6 Å². The zero-order valence-electron chi connectivity index (χ0n) is 9.83. The number of ether oxygens (including phenoxy) is 1. The van der Waals surface area contributed by atoms with E-state index >= 15 is 0 Å². The fourth-order valence-electron chi connectivity index (χ4n) is 2.11. The summed E-state index contributed by atoms with van der Waals surface area (Å²) in [5, 5.41) is 9.36. The lowest BCUT2D eigenvalue weighted by molar-refractivity contribution is -0.0137. The summed E-state index contributed by atoms with van der Waals surface area (Å²) in [6.45, 7) is -0.0716. The van der Waals surface area contributed by atoms with Gasteiger partial charge in [0.25, 0.3) is 0 Å². The zero-order valence-corrected chi connectivity index (χ0v) is 11.4. The van der Waals surface area contributed by atoms with E-state index in [-0.39, 0.29) is 28.9 Å². The predicted octanol–water partition coefficient (Wildman–Crippen LogP) is 3.55. The normalized spacial score (nSPS) is 24.2. The van der Waals surface area contributed by atoms with Crippen molar-refractivity contribution in [3.8, 4) is 0 Å². The maximum absolute atomic E-state index is 13.7. The van der Waals surface area contributed by atoms with Gasteiger partial charge in [0.2, 0.25) is 0 Å². The lowest BCUT2D eigenvalue weighted by Gasteiger charge is -2.25. The summed E-state index contributed by atoms with van der Waals surface area (Å²) in [7, 11) is 0. The molecule has 0 aromatic heterocycles. The molecule has 0 atom stereocenters. The van der Waals surface area contributed by atoms with Gasteiger partial charge >= 0.3 is 0 Å². The van der Waals surface area contributed by atoms with Gasteiger partial charge in [-0.15, -0.1) is 0 Å². The molecule has 1 aromatic carbocycles. The van der Waals surface area contributed by atoms with Gasteiger partial charge < -0.3 is 9.84 Å². The van der Waals surface area contributed by atoms with Crippen LogP contribution in [0, 0.1) is 11.6 Å². The molecule has 0 aliphatic heterocycles. The lowest BCUT2D eigenvalue weighted by Crippen LogP contribution is -2.24. The Morgan fingerprint density at radius 2 is 1.89 bits per heavy atom. The molecule has 0 bridgehead atoms. The summed E-state index contributed by atoms with van der Waals surface area (Å²) in [5.74, 6) is -1.20. The van der Waals surface area contributed by atoms with Gasteiger partial charge in [-0.1, -0.05) is 0 Å². The average Bonchev–Trinajstić information content (AvgIpc) is 2.36. The van der Waals surface area contributed by atoms with Crippen molar-refractivity contribution in [2.75, 3.05) is 0 Å². The number of aliphatic hydroxyl groups excluding tert-OH is 1. The summed E-state index contributed by atoms with van der Waals surface area (Å²) >= 11 is 3.02. The topological polar surface area (TPSA) is 29.5 Å². The highest BCUT2D eigenvalue weighted by atomic mass is 79.9. The molecule has 1 aliphatic carbocycles. The van der Waals surface area contributed by atoms with E-state index in [0.29, 0.717) is 12.8 Å². The summed E-state index contributed by atoms with van der Waals surface area (Å²) in [6.07, 6.45) is 2.56. The minimum Gasteiger partial charge on any atom is -0.393 e. The van der Waals surface area contributed by atoms with E-state index < -0.39 is 11.6 Å². The molecule has 2 nitrogen and oxygen atoms in total. The Morgan fingerprint density at radius 1 is 1.22 bits per heavy atom. The zero-order chi connectivity index (χ0) is 13.1. The van der Waals surface area contributed by atoms with Gasteiger partial charge in [0.05, 0.1) is 28.9 Å². The molecule has 5 heteroatoms. The molecule has 1 fully saturated rings. The molecular weight excluding hydrogens is 306 g/mol. The number of hydrogen-bond donors (Lipinski definition) is 1. The van der Waals surface area contributed by atoms with Gasteiger partial charge in [-0.05, 0) is 53.7 Å². The van der Waals surface area contributed by atoms with Gasteiger partial charge in [-0.3, -0.25) is 0 Å². The molecule has 100 valence electrons. The molecule has 18 heavy (non-hydrogen) atoms. The third-order valence-electron chi connectivity index (χ3n) is 3.25. The Hall–Kier alpha value is -0.520. The molecule has 0 heterocycles. The van der Waals surface area contributed by atoms with Crippen LogP contribution in [0.25, 0.3) is 0 Å². The van der Waals surface area contributed by atoms with E-state index in [1.807, 2.05) is 0 Å². The van der Waals surface area contributed by atoms with Gasteiger partial charge in [0, 0.05) is 0 Å². The van der Waals surface area contributed by atoms with Gasteiger partial charge in [-0.2, -0.15) is 0 Å². The van der Waals surface area contributed by atoms with E-state index in [1.54, 1.807) is 0 Å². The van der Waals surface area contributed by atoms with Crippen LogP contribution >= 0.6 is 15.9 Å². The molecule has 0 spiro atoms. The van der Waals surface area contributed by atoms with Gasteiger partial charge in [0.15, 0.2) is 0 Å². The molecule has 1 saturated carbocycles. The van der Waals surface area contributed by atoms with Crippen LogP contribution in [0.4, 0.5) is 8.78 Å². The van der Waals surface area contributed by atoms with Crippen molar-refractivity contribution >= 4 is 15.9 Å². The number of benzene rings is 1. The van der Waals surface area contributed by atoms with Crippen LogP contribution in [0.1, 0.15) is 31.2 Å². The molecule has 1 N–H and O–H groups in total. The SMILES string of the molecule is OC1CCC(OCc2c(F)ccc(Br)c2F)CC1. The average molecular weight is 321 g/mol. The number of rotatable bonds is 3. The first-order valence-electron chi connectivity index (χ1n) is 6.00. The Labute approximate surface area is 113 Å². The highest BCUT2D eigenvalue weighted by Gasteiger charge is 2.21. The third kappa shape index (κ3) is 3.28. The van der Waals surface area contributed by atoms with Crippen LogP contribution < -0.4 is 0 Å². The minimum atomic E-state index is -0.606. The first-order chi connectivity index (χ1) is 8.58.